The lowest BCUT2D eigenvalue weighted by Crippen LogP contribution is -2.31. The second-order valence-electron chi connectivity index (χ2n) is 5.43. The normalized spacial score (nSPS) is 30.6. The standard InChI is InChI=1S/C12H16ClN3O3S/c13-10-3-8(4-15-12(10)14)20(18,19)16-5-7-1-2-11(17)9(7)6-16/h3-4,7,9,11,17H,1-2,5-6H2,(H2,14,15). The van der Waals surface area contributed by atoms with Gasteiger partial charge in [-0.25, -0.2) is 13.4 Å². The molecular weight excluding hydrogens is 302 g/mol. The molecule has 1 aromatic rings. The fourth-order valence-corrected chi connectivity index (χ4v) is 4.85. The van der Waals surface area contributed by atoms with Gasteiger partial charge in [0.1, 0.15) is 10.7 Å². The van der Waals surface area contributed by atoms with Gasteiger partial charge < -0.3 is 10.8 Å². The van der Waals surface area contributed by atoms with Crippen molar-refractivity contribution in [3.8, 4) is 0 Å². The number of nitrogens with two attached hydrogens (primary N) is 1. The van der Waals surface area contributed by atoms with Crippen LogP contribution < -0.4 is 5.73 Å². The second-order valence-corrected chi connectivity index (χ2v) is 7.77. The van der Waals surface area contributed by atoms with Crippen molar-refractivity contribution in [1.29, 1.82) is 0 Å². The van der Waals surface area contributed by atoms with E-state index in [9.17, 15) is 13.5 Å². The Labute approximate surface area is 122 Å². The molecule has 2 heterocycles. The molecule has 3 atom stereocenters. The summed E-state index contributed by atoms with van der Waals surface area (Å²) in [4.78, 5) is 3.84. The summed E-state index contributed by atoms with van der Waals surface area (Å²) in [5.41, 5.74) is 5.49. The number of aliphatic hydroxyl groups excluding tert-OH is 1. The van der Waals surface area contributed by atoms with E-state index in [0.717, 1.165) is 12.8 Å². The predicted octanol–water partition coefficient (Wildman–Crippen LogP) is 0.709. The van der Waals surface area contributed by atoms with Crippen LogP contribution >= 0.6 is 11.6 Å². The minimum atomic E-state index is -3.62. The van der Waals surface area contributed by atoms with Crippen molar-refractivity contribution < 1.29 is 13.5 Å². The molecular formula is C12H16ClN3O3S. The van der Waals surface area contributed by atoms with Crippen LogP contribution in [-0.2, 0) is 10.0 Å². The Balaban J connectivity index is 1.88. The zero-order chi connectivity index (χ0) is 14.5. The highest BCUT2D eigenvalue weighted by Crippen LogP contribution is 2.40. The maximum atomic E-state index is 12.5. The molecule has 2 aliphatic rings. The fraction of sp³-hybridized carbons (Fsp3) is 0.583. The number of rotatable bonds is 2. The van der Waals surface area contributed by atoms with E-state index < -0.39 is 16.1 Å². The summed E-state index contributed by atoms with van der Waals surface area (Å²) in [7, 11) is -3.62. The lowest BCUT2D eigenvalue weighted by atomic mass is 10.00. The number of pyridine rings is 1. The summed E-state index contributed by atoms with van der Waals surface area (Å²) >= 11 is 5.84. The molecule has 8 heteroatoms. The number of nitrogens with zero attached hydrogens (tertiary/aromatic N) is 2. The first-order valence-corrected chi connectivity index (χ1v) is 8.30. The van der Waals surface area contributed by atoms with Crippen LogP contribution in [0.1, 0.15) is 12.8 Å². The predicted molar refractivity (Wildman–Crippen MR) is 74.6 cm³/mol. The molecule has 3 rings (SSSR count). The Bertz CT molecular complexity index is 637. The van der Waals surface area contributed by atoms with Crippen molar-refractivity contribution in [2.24, 2.45) is 11.8 Å². The molecule has 0 amide bonds. The molecule has 1 saturated carbocycles. The van der Waals surface area contributed by atoms with Crippen LogP contribution in [0.5, 0.6) is 0 Å². The van der Waals surface area contributed by atoms with E-state index in [1.807, 2.05) is 0 Å². The first-order chi connectivity index (χ1) is 9.39. The summed E-state index contributed by atoms with van der Waals surface area (Å²) in [5, 5.41) is 9.99. The number of nitrogen functional groups attached to an aromatic ring is 1. The molecule has 3 N–H and O–H groups in total. The van der Waals surface area contributed by atoms with Crippen LogP contribution in [0.25, 0.3) is 0 Å². The average Bonchev–Trinajstić information content (AvgIpc) is 2.96. The van der Waals surface area contributed by atoms with E-state index in [-0.39, 0.29) is 27.6 Å². The smallest absolute Gasteiger partial charge is 0.244 e. The highest BCUT2D eigenvalue weighted by atomic mass is 35.5. The van der Waals surface area contributed by atoms with E-state index >= 15 is 0 Å². The van der Waals surface area contributed by atoms with E-state index in [0.29, 0.717) is 13.1 Å². The summed E-state index contributed by atoms with van der Waals surface area (Å²) in [6.07, 6.45) is 2.46. The molecule has 1 aliphatic heterocycles. The number of fused-ring (bicyclic) bond motifs is 1. The molecule has 6 nitrogen and oxygen atoms in total. The molecule has 1 aliphatic carbocycles. The average molecular weight is 318 g/mol. The number of hydrogen-bond acceptors (Lipinski definition) is 5. The SMILES string of the molecule is Nc1ncc(S(=O)(=O)N2CC3CCC(O)C3C2)cc1Cl. The van der Waals surface area contributed by atoms with Crippen molar-refractivity contribution >= 4 is 27.4 Å². The van der Waals surface area contributed by atoms with Crippen molar-refractivity contribution in [3.05, 3.63) is 17.3 Å². The van der Waals surface area contributed by atoms with Gasteiger partial charge in [0.25, 0.3) is 0 Å². The first kappa shape index (κ1) is 14.1. The quantitative estimate of drug-likeness (QED) is 0.837. The molecule has 0 bridgehead atoms. The van der Waals surface area contributed by atoms with Crippen LogP contribution in [0.2, 0.25) is 5.02 Å². The molecule has 0 radical (unpaired) electrons. The third kappa shape index (κ3) is 2.18. The zero-order valence-electron chi connectivity index (χ0n) is 10.7. The summed E-state index contributed by atoms with van der Waals surface area (Å²) in [6.45, 7) is 0.808. The molecule has 20 heavy (non-hydrogen) atoms. The van der Waals surface area contributed by atoms with Crippen molar-refractivity contribution in [2.45, 2.75) is 23.8 Å². The third-order valence-corrected chi connectivity index (χ3v) is 6.37. The second kappa shape index (κ2) is 4.84. The van der Waals surface area contributed by atoms with Gasteiger partial charge in [0.2, 0.25) is 10.0 Å². The summed E-state index contributed by atoms with van der Waals surface area (Å²) < 4.78 is 26.5. The lowest BCUT2D eigenvalue weighted by molar-refractivity contribution is 0.129. The minimum absolute atomic E-state index is 0.0435. The first-order valence-electron chi connectivity index (χ1n) is 6.49. The molecule has 2 fully saturated rings. The van der Waals surface area contributed by atoms with Gasteiger partial charge in [-0.15, -0.1) is 0 Å². The van der Waals surface area contributed by atoms with Gasteiger partial charge in [0.15, 0.2) is 0 Å². The topological polar surface area (TPSA) is 96.5 Å². The molecule has 1 aromatic heterocycles. The highest BCUT2D eigenvalue weighted by molar-refractivity contribution is 7.89. The Morgan fingerprint density at radius 3 is 2.80 bits per heavy atom. The van der Waals surface area contributed by atoms with Crippen molar-refractivity contribution in [1.82, 2.24) is 9.29 Å². The lowest BCUT2D eigenvalue weighted by Gasteiger charge is -2.18. The molecule has 110 valence electrons. The van der Waals surface area contributed by atoms with Gasteiger partial charge in [-0.1, -0.05) is 11.6 Å². The van der Waals surface area contributed by atoms with Crippen LogP contribution in [0.3, 0.4) is 0 Å². The monoisotopic (exact) mass is 317 g/mol. The number of anilines is 1. The van der Waals surface area contributed by atoms with Gasteiger partial charge in [-0.2, -0.15) is 4.31 Å². The van der Waals surface area contributed by atoms with E-state index in [1.165, 1.54) is 16.6 Å². The molecule has 0 spiro atoms. The summed E-state index contributed by atoms with van der Waals surface area (Å²) in [5.74, 6) is 0.401. The van der Waals surface area contributed by atoms with Gasteiger partial charge >= 0.3 is 0 Å². The molecule has 1 saturated heterocycles. The number of aromatic nitrogens is 1. The Morgan fingerprint density at radius 1 is 1.40 bits per heavy atom. The van der Waals surface area contributed by atoms with Crippen LogP contribution in [0.4, 0.5) is 5.82 Å². The van der Waals surface area contributed by atoms with E-state index in [1.54, 1.807) is 0 Å². The van der Waals surface area contributed by atoms with Gasteiger partial charge in [-0.3, -0.25) is 0 Å². The Hall–Kier alpha value is -0.890. The van der Waals surface area contributed by atoms with Crippen molar-refractivity contribution in [3.63, 3.8) is 0 Å². The minimum Gasteiger partial charge on any atom is -0.393 e. The fourth-order valence-electron chi connectivity index (χ4n) is 3.11. The van der Waals surface area contributed by atoms with E-state index in [4.69, 9.17) is 17.3 Å². The Kier molecular flexibility index (Phi) is 3.40. The maximum Gasteiger partial charge on any atom is 0.244 e. The van der Waals surface area contributed by atoms with Crippen LogP contribution in [0.15, 0.2) is 17.2 Å². The van der Waals surface area contributed by atoms with Gasteiger partial charge in [0.05, 0.1) is 11.1 Å². The van der Waals surface area contributed by atoms with Crippen LogP contribution in [-0.4, -0.2) is 42.0 Å². The number of sulfonamides is 1. The Morgan fingerprint density at radius 2 is 2.15 bits per heavy atom. The van der Waals surface area contributed by atoms with Crippen molar-refractivity contribution in [2.75, 3.05) is 18.8 Å². The molecule has 0 aromatic carbocycles. The molecule has 3 unspecified atom stereocenters. The number of halogens is 1. The van der Waals surface area contributed by atoms with E-state index in [2.05, 4.69) is 4.98 Å². The van der Waals surface area contributed by atoms with Crippen LogP contribution in [0, 0.1) is 11.8 Å². The van der Waals surface area contributed by atoms with Gasteiger partial charge in [-0.05, 0) is 24.8 Å². The van der Waals surface area contributed by atoms with Gasteiger partial charge in [0, 0.05) is 25.2 Å². The third-order valence-electron chi connectivity index (χ3n) is 4.27. The largest absolute Gasteiger partial charge is 0.393 e. The maximum absolute atomic E-state index is 12.5. The number of hydrogen-bond donors (Lipinski definition) is 2. The highest BCUT2D eigenvalue weighted by Gasteiger charge is 2.45. The zero-order valence-corrected chi connectivity index (χ0v) is 12.3. The number of aliphatic hydroxyl groups is 1. The summed E-state index contributed by atoms with van der Waals surface area (Å²) in [6, 6.07) is 1.32.